The number of nitrogens with zero attached hydrogens (tertiary/aromatic N) is 3. The number of para-hydroxylation sites is 1. The predicted octanol–water partition coefficient (Wildman–Crippen LogP) is 2.53. The molecule has 1 aromatic carbocycles. The Labute approximate surface area is 139 Å². The van der Waals surface area contributed by atoms with Crippen LogP contribution in [0.5, 0.6) is 0 Å². The molecule has 1 N–H and O–H groups in total. The van der Waals surface area contributed by atoms with Gasteiger partial charge in [-0.25, -0.2) is 4.68 Å². The molecule has 0 radical (unpaired) electrons. The Balaban J connectivity index is 1.79. The van der Waals surface area contributed by atoms with Crippen LogP contribution in [0.2, 0.25) is 5.02 Å². The van der Waals surface area contributed by atoms with E-state index in [-0.39, 0.29) is 18.1 Å². The van der Waals surface area contributed by atoms with Crippen molar-refractivity contribution in [3.05, 3.63) is 40.7 Å². The number of nitrogens with one attached hydrogen (secondary N) is 1. The Morgan fingerprint density at radius 3 is 2.96 bits per heavy atom. The second-order valence-electron chi connectivity index (χ2n) is 5.70. The molecular formula is C16H19ClN4O2. The largest absolute Gasteiger partial charge is 0.376 e. The summed E-state index contributed by atoms with van der Waals surface area (Å²) in [5.74, 6) is -0.246. The Bertz CT molecular complexity index is 710. The number of rotatable bonds is 4. The molecule has 1 fully saturated rings. The third-order valence-electron chi connectivity index (χ3n) is 4.07. The van der Waals surface area contributed by atoms with Crippen molar-refractivity contribution in [3.8, 4) is 5.69 Å². The minimum absolute atomic E-state index is 0.0603. The van der Waals surface area contributed by atoms with E-state index in [0.717, 1.165) is 19.4 Å². The van der Waals surface area contributed by atoms with Gasteiger partial charge in [-0.3, -0.25) is 4.79 Å². The third-order valence-corrected chi connectivity index (χ3v) is 4.39. The highest BCUT2D eigenvalue weighted by atomic mass is 35.5. The highest BCUT2D eigenvalue weighted by Crippen LogP contribution is 2.21. The van der Waals surface area contributed by atoms with E-state index in [1.807, 2.05) is 25.1 Å². The van der Waals surface area contributed by atoms with Crippen LogP contribution in [0.1, 0.15) is 35.9 Å². The Morgan fingerprint density at radius 1 is 1.48 bits per heavy atom. The maximum Gasteiger partial charge on any atom is 0.274 e. The molecule has 7 heteroatoms. The summed E-state index contributed by atoms with van der Waals surface area (Å²) >= 11 is 6.18. The number of hydrogen-bond acceptors (Lipinski definition) is 4. The van der Waals surface area contributed by atoms with Crippen molar-refractivity contribution >= 4 is 17.5 Å². The van der Waals surface area contributed by atoms with E-state index in [9.17, 15) is 4.79 Å². The first-order valence-corrected chi connectivity index (χ1v) is 8.05. The lowest BCUT2D eigenvalue weighted by Gasteiger charge is -2.19. The molecule has 3 rings (SSSR count). The summed E-state index contributed by atoms with van der Waals surface area (Å²) < 4.78 is 7.18. The Kier molecular flexibility index (Phi) is 4.63. The first kappa shape index (κ1) is 16.0. The maximum atomic E-state index is 12.4. The van der Waals surface area contributed by atoms with Crippen molar-refractivity contribution in [1.82, 2.24) is 20.3 Å². The van der Waals surface area contributed by atoms with Crippen molar-refractivity contribution in [2.24, 2.45) is 0 Å². The van der Waals surface area contributed by atoms with E-state index in [4.69, 9.17) is 16.3 Å². The Hall–Kier alpha value is -1.92. The summed E-state index contributed by atoms with van der Waals surface area (Å²) in [6.45, 7) is 4.50. The fourth-order valence-electron chi connectivity index (χ4n) is 2.76. The molecule has 122 valence electrons. The lowest BCUT2D eigenvalue weighted by atomic mass is 10.1. The zero-order valence-electron chi connectivity index (χ0n) is 13.1. The second kappa shape index (κ2) is 6.68. The van der Waals surface area contributed by atoms with Crippen LogP contribution in [-0.2, 0) is 4.74 Å². The molecule has 0 aliphatic carbocycles. The molecule has 0 spiro atoms. The summed E-state index contributed by atoms with van der Waals surface area (Å²) in [6.07, 6.45) is 2.07. The van der Waals surface area contributed by atoms with Gasteiger partial charge in [0.05, 0.1) is 28.5 Å². The normalized spacial score (nSPS) is 18.8. The van der Waals surface area contributed by atoms with E-state index >= 15 is 0 Å². The van der Waals surface area contributed by atoms with E-state index in [2.05, 4.69) is 15.6 Å². The standard InChI is InChI=1S/C16H19ClN4O2/c1-10(14-8-5-9-23-14)18-16(22)15-11(2)21(20-19-15)13-7-4-3-6-12(13)17/h3-4,6-7,10,14H,5,8-9H2,1-2H3,(H,18,22)/t10-,14+/m0/s1. The van der Waals surface area contributed by atoms with Gasteiger partial charge in [-0.1, -0.05) is 28.9 Å². The van der Waals surface area contributed by atoms with E-state index in [1.54, 1.807) is 17.7 Å². The molecule has 2 atom stereocenters. The first-order chi connectivity index (χ1) is 11.1. The zero-order chi connectivity index (χ0) is 16.4. The second-order valence-corrected chi connectivity index (χ2v) is 6.11. The number of halogens is 1. The molecule has 1 saturated heterocycles. The number of ether oxygens (including phenoxy) is 1. The zero-order valence-corrected chi connectivity index (χ0v) is 13.9. The topological polar surface area (TPSA) is 69.0 Å². The predicted molar refractivity (Wildman–Crippen MR) is 87.0 cm³/mol. The van der Waals surface area contributed by atoms with Crippen molar-refractivity contribution < 1.29 is 9.53 Å². The maximum absolute atomic E-state index is 12.4. The quantitative estimate of drug-likeness (QED) is 0.932. The Morgan fingerprint density at radius 2 is 2.26 bits per heavy atom. The summed E-state index contributed by atoms with van der Waals surface area (Å²) in [5.41, 5.74) is 1.65. The van der Waals surface area contributed by atoms with E-state index in [1.165, 1.54) is 0 Å². The van der Waals surface area contributed by atoms with Gasteiger partial charge >= 0.3 is 0 Å². The SMILES string of the molecule is Cc1c(C(=O)N[C@@H](C)[C@H]2CCCO2)nnn1-c1ccccc1Cl. The molecule has 1 aliphatic rings. The van der Waals surface area contributed by atoms with Crippen molar-refractivity contribution in [3.63, 3.8) is 0 Å². The molecule has 23 heavy (non-hydrogen) atoms. The van der Waals surface area contributed by atoms with Gasteiger partial charge in [0.15, 0.2) is 5.69 Å². The third kappa shape index (κ3) is 3.23. The minimum Gasteiger partial charge on any atom is -0.376 e. The van der Waals surface area contributed by atoms with Crippen LogP contribution in [0.25, 0.3) is 5.69 Å². The molecular weight excluding hydrogens is 316 g/mol. The van der Waals surface area contributed by atoms with Crippen LogP contribution in [-0.4, -0.2) is 39.7 Å². The lowest BCUT2D eigenvalue weighted by Crippen LogP contribution is -2.41. The van der Waals surface area contributed by atoms with Crippen LogP contribution in [0, 0.1) is 6.92 Å². The average molecular weight is 335 g/mol. The fourth-order valence-corrected chi connectivity index (χ4v) is 2.97. The van der Waals surface area contributed by atoms with Gasteiger partial charge < -0.3 is 10.1 Å². The number of aromatic nitrogens is 3. The first-order valence-electron chi connectivity index (χ1n) is 7.67. The molecule has 0 bridgehead atoms. The number of hydrogen-bond donors (Lipinski definition) is 1. The molecule has 0 unspecified atom stereocenters. The smallest absolute Gasteiger partial charge is 0.274 e. The number of benzene rings is 1. The molecule has 1 amide bonds. The van der Waals surface area contributed by atoms with Crippen molar-refractivity contribution in [2.45, 2.75) is 38.8 Å². The van der Waals surface area contributed by atoms with Gasteiger partial charge in [0.2, 0.25) is 0 Å². The summed E-state index contributed by atoms with van der Waals surface area (Å²) in [5, 5.41) is 11.6. The van der Waals surface area contributed by atoms with Gasteiger partial charge in [-0.05, 0) is 38.8 Å². The fraction of sp³-hybridized carbons (Fsp3) is 0.438. The molecule has 1 aliphatic heterocycles. The summed E-state index contributed by atoms with van der Waals surface area (Å²) in [7, 11) is 0. The van der Waals surface area contributed by atoms with Crippen molar-refractivity contribution in [2.75, 3.05) is 6.61 Å². The highest BCUT2D eigenvalue weighted by molar-refractivity contribution is 6.32. The van der Waals surface area contributed by atoms with Crippen LogP contribution in [0.15, 0.2) is 24.3 Å². The number of carbonyl (C=O) groups is 1. The van der Waals surface area contributed by atoms with Gasteiger partial charge in [-0.2, -0.15) is 0 Å². The van der Waals surface area contributed by atoms with Crippen LogP contribution in [0.4, 0.5) is 0 Å². The van der Waals surface area contributed by atoms with Crippen LogP contribution < -0.4 is 5.32 Å². The minimum atomic E-state index is -0.246. The van der Waals surface area contributed by atoms with E-state index < -0.39 is 0 Å². The average Bonchev–Trinajstić information content (AvgIpc) is 3.17. The highest BCUT2D eigenvalue weighted by Gasteiger charge is 2.26. The lowest BCUT2D eigenvalue weighted by molar-refractivity contribution is 0.0709. The molecule has 2 heterocycles. The number of amides is 1. The van der Waals surface area contributed by atoms with Gasteiger partial charge in [-0.15, -0.1) is 5.10 Å². The van der Waals surface area contributed by atoms with Crippen molar-refractivity contribution in [1.29, 1.82) is 0 Å². The molecule has 2 aromatic rings. The van der Waals surface area contributed by atoms with Gasteiger partial charge in [0.25, 0.3) is 5.91 Å². The van der Waals surface area contributed by atoms with Crippen LogP contribution >= 0.6 is 11.6 Å². The molecule has 6 nitrogen and oxygen atoms in total. The summed E-state index contributed by atoms with van der Waals surface area (Å²) in [6, 6.07) is 7.25. The monoisotopic (exact) mass is 334 g/mol. The molecule has 0 saturated carbocycles. The van der Waals surface area contributed by atoms with Crippen LogP contribution in [0.3, 0.4) is 0 Å². The number of carbonyl (C=O) groups excluding carboxylic acids is 1. The molecule has 1 aromatic heterocycles. The van der Waals surface area contributed by atoms with Gasteiger partial charge in [0.1, 0.15) is 0 Å². The summed E-state index contributed by atoms with van der Waals surface area (Å²) in [4.78, 5) is 12.4. The van der Waals surface area contributed by atoms with Gasteiger partial charge in [0, 0.05) is 6.61 Å². The van der Waals surface area contributed by atoms with E-state index in [0.29, 0.717) is 22.1 Å².